The van der Waals surface area contributed by atoms with E-state index in [-0.39, 0.29) is 11.0 Å². The molecule has 1 spiro atoms. The normalized spacial score (nSPS) is 25.1. The van der Waals surface area contributed by atoms with Crippen molar-refractivity contribution in [3.05, 3.63) is 68.7 Å². The quantitative estimate of drug-likeness (QED) is 0.666. The van der Waals surface area contributed by atoms with Crippen LogP contribution >= 0.6 is 11.6 Å². The van der Waals surface area contributed by atoms with E-state index in [1.54, 1.807) is 0 Å². The SMILES string of the molecule is CN(C)C1CC2(C1)c1ccc(C3CCNCC3)cc1-n1c2nc(=O)c2cccc(Cl)c21. The number of rotatable bonds is 2. The molecule has 1 aromatic heterocycles. The summed E-state index contributed by atoms with van der Waals surface area (Å²) in [6.45, 7) is 2.13. The molecule has 1 saturated heterocycles. The molecule has 0 unspecified atom stereocenters. The summed E-state index contributed by atoms with van der Waals surface area (Å²) >= 11 is 6.70. The van der Waals surface area contributed by atoms with Crippen LogP contribution in [0.2, 0.25) is 5.02 Å². The highest BCUT2D eigenvalue weighted by Gasteiger charge is 2.55. The van der Waals surface area contributed by atoms with Gasteiger partial charge in [0.1, 0.15) is 5.82 Å². The van der Waals surface area contributed by atoms with E-state index < -0.39 is 0 Å². The average molecular weight is 435 g/mol. The van der Waals surface area contributed by atoms with Gasteiger partial charge in [0.05, 0.1) is 27.0 Å². The van der Waals surface area contributed by atoms with Crippen LogP contribution in [0.4, 0.5) is 0 Å². The van der Waals surface area contributed by atoms with Crippen molar-refractivity contribution < 1.29 is 0 Å². The maximum absolute atomic E-state index is 13.0. The average Bonchev–Trinajstić information content (AvgIpc) is 3.03. The summed E-state index contributed by atoms with van der Waals surface area (Å²) in [6.07, 6.45) is 4.26. The van der Waals surface area contributed by atoms with Gasteiger partial charge >= 0.3 is 0 Å². The van der Waals surface area contributed by atoms with Gasteiger partial charge in [0.2, 0.25) is 0 Å². The third-order valence-corrected chi connectivity index (χ3v) is 8.08. The smallest absolute Gasteiger partial charge is 0.280 e. The predicted octanol–water partition coefficient (Wildman–Crippen LogP) is 3.83. The van der Waals surface area contributed by atoms with Crippen molar-refractivity contribution >= 4 is 22.5 Å². The fourth-order valence-electron chi connectivity index (χ4n) is 5.96. The van der Waals surface area contributed by atoms with Gasteiger partial charge in [-0.1, -0.05) is 29.8 Å². The number of aromatic nitrogens is 2. The molecule has 0 amide bonds. The number of halogens is 1. The molecule has 6 rings (SSSR count). The van der Waals surface area contributed by atoms with Gasteiger partial charge in [-0.25, -0.2) is 0 Å². The highest BCUT2D eigenvalue weighted by atomic mass is 35.5. The van der Waals surface area contributed by atoms with Gasteiger partial charge in [0, 0.05) is 6.04 Å². The Labute approximate surface area is 187 Å². The Morgan fingerprint density at radius 3 is 2.68 bits per heavy atom. The standard InChI is InChI=1S/C25H27ClN4O/c1-29(2)17-13-25(14-17)19-7-6-16(15-8-10-27-11-9-15)12-21(19)30-22-18(4-3-5-20(22)26)23(31)28-24(25)30/h3-7,12,15,17,27H,8-11,13-14H2,1-2H3. The topological polar surface area (TPSA) is 50.2 Å². The molecule has 1 N–H and O–H groups in total. The number of hydrogen-bond acceptors (Lipinski definition) is 4. The highest BCUT2D eigenvalue weighted by molar-refractivity contribution is 6.35. The largest absolute Gasteiger partial charge is 0.317 e. The molecule has 6 heteroatoms. The molecule has 1 aliphatic carbocycles. The molecule has 5 nitrogen and oxygen atoms in total. The van der Waals surface area contributed by atoms with Gasteiger partial charge in [-0.05, 0) is 88.1 Å². The second-order valence-electron chi connectivity index (χ2n) is 9.62. The summed E-state index contributed by atoms with van der Waals surface area (Å²) in [7, 11) is 4.26. The van der Waals surface area contributed by atoms with E-state index in [1.807, 2.05) is 18.2 Å². The molecule has 0 radical (unpaired) electrons. The predicted molar refractivity (Wildman–Crippen MR) is 125 cm³/mol. The molecule has 2 aliphatic heterocycles. The van der Waals surface area contributed by atoms with Crippen LogP contribution in [0, 0.1) is 0 Å². The number of benzene rings is 2. The van der Waals surface area contributed by atoms with Crippen LogP contribution in [0.1, 0.15) is 48.6 Å². The minimum absolute atomic E-state index is 0.178. The zero-order valence-electron chi connectivity index (χ0n) is 18.0. The summed E-state index contributed by atoms with van der Waals surface area (Å²) < 4.78 is 2.20. The van der Waals surface area contributed by atoms with Crippen LogP contribution < -0.4 is 10.9 Å². The molecule has 2 fully saturated rings. The fraction of sp³-hybridized carbons (Fsp3) is 0.440. The van der Waals surface area contributed by atoms with E-state index in [2.05, 4.69) is 52.1 Å². The second-order valence-corrected chi connectivity index (χ2v) is 10.0. The van der Waals surface area contributed by atoms with E-state index in [9.17, 15) is 4.79 Å². The first-order valence-corrected chi connectivity index (χ1v) is 11.6. The van der Waals surface area contributed by atoms with Crippen LogP contribution in [-0.2, 0) is 5.41 Å². The molecule has 3 aromatic rings. The second kappa shape index (κ2) is 6.89. The molecule has 0 bridgehead atoms. The monoisotopic (exact) mass is 434 g/mol. The number of nitrogens with zero attached hydrogens (tertiary/aromatic N) is 3. The lowest BCUT2D eigenvalue weighted by atomic mass is 9.61. The molecule has 3 heterocycles. The highest BCUT2D eigenvalue weighted by Crippen LogP contribution is 2.56. The van der Waals surface area contributed by atoms with Crippen molar-refractivity contribution in [3.8, 4) is 5.69 Å². The number of piperidine rings is 1. The number of fused-ring (bicyclic) bond motifs is 7. The van der Waals surface area contributed by atoms with Crippen LogP contribution in [0.5, 0.6) is 0 Å². The Bertz CT molecular complexity index is 1250. The Morgan fingerprint density at radius 1 is 1.16 bits per heavy atom. The summed E-state index contributed by atoms with van der Waals surface area (Å²) in [4.78, 5) is 19.9. The van der Waals surface area contributed by atoms with Gasteiger partial charge in [-0.2, -0.15) is 4.98 Å². The zero-order valence-corrected chi connectivity index (χ0v) is 18.7. The van der Waals surface area contributed by atoms with Gasteiger partial charge in [0.25, 0.3) is 5.56 Å². The Morgan fingerprint density at radius 2 is 1.94 bits per heavy atom. The molecule has 2 aromatic carbocycles. The van der Waals surface area contributed by atoms with Crippen molar-refractivity contribution in [3.63, 3.8) is 0 Å². The first-order chi connectivity index (χ1) is 15.0. The number of para-hydroxylation sites is 1. The lowest BCUT2D eigenvalue weighted by molar-refractivity contribution is 0.114. The van der Waals surface area contributed by atoms with Crippen molar-refractivity contribution in [2.75, 3.05) is 27.2 Å². The molecule has 0 atom stereocenters. The third-order valence-electron chi connectivity index (χ3n) is 7.78. The summed E-state index contributed by atoms with van der Waals surface area (Å²) in [5.41, 5.74) is 4.25. The van der Waals surface area contributed by atoms with Gasteiger partial charge in [-0.3, -0.25) is 9.36 Å². The number of hydrogen-bond donors (Lipinski definition) is 1. The van der Waals surface area contributed by atoms with Gasteiger partial charge in [0.15, 0.2) is 0 Å². The fourth-order valence-corrected chi connectivity index (χ4v) is 6.22. The van der Waals surface area contributed by atoms with E-state index in [1.165, 1.54) is 11.1 Å². The van der Waals surface area contributed by atoms with E-state index in [0.29, 0.717) is 22.4 Å². The van der Waals surface area contributed by atoms with E-state index >= 15 is 0 Å². The molecular weight excluding hydrogens is 408 g/mol. The van der Waals surface area contributed by atoms with E-state index in [0.717, 1.165) is 55.8 Å². The summed E-state index contributed by atoms with van der Waals surface area (Å²) in [6, 6.07) is 13.0. The van der Waals surface area contributed by atoms with Crippen LogP contribution in [0.25, 0.3) is 16.6 Å². The van der Waals surface area contributed by atoms with Crippen LogP contribution in [0.15, 0.2) is 41.2 Å². The first kappa shape index (κ1) is 19.5. The molecule has 31 heavy (non-hydrogen) atoms. The molecule has 3 aliphatic rings. The molecule has 160 valence electrons. The van der Waals surface area contributed by atoms with Crippen molar-refractivity contribution in [2.24, 2.45) is 0 Å². The third kappa shape index (κ3) is 2.70. The zero-order chi connectivity index (χ0) is 21.3. The Balaban J connectivity index is 1.62. The van der Waals surface area contributed by atoms with Crippen molar-refractivity contribution in [1.29, 1.82) is 0 Å². The molecular formula is C25H27ClN4O. The van der Waals surface area contributed by atoms with Crippen LogP contribution in [0.3, 0.4) is 0 Å². The summed E-state index contributed by atoms with van der Waals surface area (Å²) in [5.74, 6) is 1.44. The minimum atomic E-state index is -0.205. The lowest BCUT2D eigenvalue weighted by Crippen LogP contribution is -2.51. The van der Waals surface area contributed by atoms with Crippen molar-refractivity contribution in [1.82, 2.24) is 19.8 Å². The maximum Gasteiger partial charge on any atom is 0.280 e. The van der Waals surface area contributed by atoms with Crippen LogP contribution in [-0.4, -0.2) is 47.7 Å². The lowest BCUT2D eigenvalue weighted by Gasteiger charge is -2.48. The van der Waals surface area contributed by atoms with Crippen molar-refractivity contribution in [2.45, 2.75) is 43.1 Å². The van der Waals surface area contributed by atoms with Gasteiger partial charge in [-0.15, -0.1) is 0 Å². The first-order valence-electron chi connectivity index (χ1n) is 11.2. The minimum Gasteiger partial charge on any atom is -0.317 e. The molecule has 1 saturated carbocycles. The van der Waals surface area contributed by atoms with E-state index in [4.69, 9.17) is 11.6 Å². The number of nitrogens with one attached hydrogen (secondary N) is 1. The Hall–Kier alpha value is -2.21. The Kier molecular flexibility index (Phi) is 4.33. The van der Waals surface area contributed by atoms with Gasteiger partial charge < -0.3 is 10.2 Å². The summed E-state index contributed by atoms with van der Waals surface area (Å²) in [5, 5.41) is 4.67. The maximum atomic E-state index is 13.0.